The van der Waals surface area contributed by atoms with E-state index in [0.717, 1.165) is 35.2 Å². The Kier molecular flexibility index (Phi) is 3.90. The van der Waals surface area contributed by atoms with Crippen LogP contribution in [0.1, 0.15) is 12.8 Å². The third kappa shape index (κ3) is 3.03. The molecule has 0 aromatic carbocycles. The van der Waals surface area contributed by atoms with E-state index in [9.17, 15) is 4.39 Å². The number of hydrogen-bond acceptors (Lipinski definition) is 3. The van der Waals surface area contributed by atoms with Gasteiger partial charge in [-0.2, -0.15) is 5.10 Å². The number of hydrogen-bond donors (Lipinski definition) is 0. The maximum absolute atomic E-state index is 14.1. The maximum Gasteiger partial charge on any atom is 0.270 e. The average molecular weight is 372 g/mol. The van der Waals surface area contributed by atoms with E-state index in [2.05, 4.69) is 19.9 Å². The third-order valence-electron chi connectivity index (χ3n) is 5.11. The molecule has 6 nitrogen and oxygen atoms in total. The molecule has 0 bridgehead atoms. The summed E-state index contributed by atoms with van der Waals surface area (Å²) in [6.07, 6.45) is 10.2. The van der Waals surface area contributed by atoms with E-state index in [1.807, 2.05) is 41.2 Å². The summed E-state index contributed by atoms with van der Waals surface area (Å²) in [5.41, 5.74) is 4.08. The summed E-state index contributed by atoms with van der Waals surface area (Å²) in [5.74, 6) is 0.510. The number of fused-ring (bicyclic) bond motifs is 1. The van der Waals surface area contributed by atoms with Crippen molar-refractivity contribution in [2.75, 3.05) is 0 Å². The van der Waals surface area contributed by atoms with Gasteiger partial charge in [-0.15, -0.1) is 4.98 Å². The lowest BCUT2D eigenvalue weighted by atomic mass is 10.0. The molecule has 1 unspecified atom stereocenters. The van der Waals surface area contributed by atoms with Crippen LogP contribution in [0.4, 0.5) is 10.2 Å². The van der Waals surface area contributed by atoms with Crippen LogP contribution < -0.4 is 0 Å². The number of pyridine rings is 2. The molecule has 0 N–H and O–H groups in total. The Morgan fingerprint density at radius 2 is 2.11 bits per heavy atom. The zero-order valence-electron chi connectivity index (χ0n) is 15.0. The Morgan fingerprint density at radius 3 is 2.93 bits per heavy atom. The molecule has 1 atom stereocenters. The van der Waals surface area contributed by atoms with Crippen LogP contribution in [-0.4, -0.2) is 30.3 Å². The second kappa shape index (κ2) is 6.57. The molecule has 138 valence electrons. The zero-order valence-corrected chi connectivity index (χ0v) is 15.0. The molecule has 0 saturated heterocycles. The highest BCUT2D eigenvalue weighted by Crippen LogP contribution is 2.36. The Balaban J connectivity index is 1.56. The molecular weight excluding hydrogens is 355 g/mol. The molecule has 0 spiro atoms. The molecule has 5 rings (SSSR count). The molecule has 7 heteroatoms. The van der Waals surface area contributed by atoms with Crippen molar-refractivity contribution in [3.63, 3.8) is 0 Å². The van der Waals surface area contributed by atoms with Crippen molar-refractivity contribution in [2.45, 2.75) is 25.6 Å². The lowest BCUT2D eigenvalue weighted by Gasteiger charge is -2.07. The zero-order chi connectivity index (χ0) is 19.1. The van der Waals surface area contributed by atoms with Crippen LogP contribution >= 0.6 is 0 Å². The minimum Gasteiger partial charge on any atom is -0.361 e. The number of nitrogens with zero attached hydrogens (tertiary/aromatic N) is 6. The van der Waals surface area contributed by atoms with Gasteiger partial charge in [-0.3, -0.25) is 4.68 Å². The summed E-state index contributed by atoms with van der Waals surface area (Å²) >= 11 is 0. The molecule has 0 aliphatic heterocycles. The summed E-state index contributed by atoms with van der Waals surface area (Å²) in [6.45, 7) is 7.57. The number of halogens is 1. The summed E-state index contributed by atoms with van der Waals surface area (Å²) < 4.78 is 17.7. The maximum atomic E-state index is 14.1. The molecule has 1 aliphatic rings. The van der Waals surface area contributed by atoms with E-state index in [0.29, 0.717) is 11.5 Å². The molecular formula is C21H17FN6. The Bertz CT molecular complexity index is 1200. The van der Waals surface area contributed by atoms with Gasteiger partial charge in [-0.1, -0.05) is 12.6 Å². The molecule has 4 aromatic heterocycles. The first kappa shape index (κ1) is 16.6. The van der Waals surface area contributed by atoms with Crippen molar-refractivity contribution in [3.8, 4) is 22.4 Å². The van der Waals surface area contributed by atoms with E-state index in [1.54, 1.807) is 23.1 Å². The lowest BCUT2D eigenvalue weighted by molar-refractivity contribution is 0.254. The summed E-state index contributed by atoms with van der Waals surface area (Å²) in [5, 5.41) is 4.33. The topological polar surface area (TPSA) is 52.4 Å². The number of imidazole rings is 1. The van der Waals surface area contributed by atoms with Gasteiger partial charge in [-0.05, 0) is 37.0 Å². The quantitative estimate of drug-likeness (QED) is 0.483. The fraction of sp³-hybridized carbons (Fsp3) is 0.238. The Labute approximate surface area is 161 Å². The average Bonchev–Trinajstić information content (AvgIpc) is 3.30. The van der Waals surface area contributed by atoms with Gasteiger partial charge in [0.15, 0.2) is 5.69 Å². The fourth-order valence-corrected chi connectivity index (χ4v) is 3.41. The SMILES string of the molecule is [C-]#[N+]c1ccc(-c2cnn(CC(F)C3CC3)c2)c(-c2ccn3ccnc3c2)n1. The van der Waals surface area contributed by atoms with E-state index in [4.69, 9.17) is 6.57 Å². The largest absolute Gasteiger partial charge is 0.361 e. The minimum atomic E-state index is -0.849. The van der Waals surface area contributed by atoms with Gasteiger partial charge in [0.1, 0.15) is 11.8 Å². The second-order valence-corrected chi connectivity index (χ2v) is 7.09. The summed E-state index contributed by atoms with van der Waals surface area (Å²) in [6, 6.07) is 7.46. The molecule has 4 heterocycles. The van der Waals surface area contributed by atoms with Crippen LogP contribution in [0.2, 0.25) is 0 Å². The van der Waals surface area contributed by atoms with Crippen molar-refractivity contribution < 1.29 is 4.39 Å². The van der Waals surface area contributed by atoms with E-state index in [1.165, 1.54) is 0 Å². The van der Waals surface area contributed by atoms with Crippen LogP contribution in [0.5, 0.6) is 0 Å². The summed E-state index contributed by atoms with van der Waals surface area (Å²) in [4.78, 5) is 12.3. The second-order valence-electron chi connectivity index (χ2n) is 7.09. The van der Waals surface area contributed by atoms with Gasteiger partial charge in [0.05, 0.1) is 12.7 Å². The molecule has 0 amide bonds. The molecule has 1 saturated carbocycles. The summed E-state index contributed by atoms with van der Waals surface area (Å²) in [7, 11) is 0. The van der Waals surface area contributed by atoms with Crippen LogP contribution in [0.25, 0.3) is 32.9 Å². The molecule has 1 fully saturated rings. The Hall–Kier alpha value is -3.53. The number of rotatable bonds is 5. The highest BCUT2D eigenvalue weighted by molar-refractivity contribution is 5.82. The fourth-order valence-electron chi connectivity index (χ4n) is 3.41. The van der Waals surface area contributed by atoms with Gasteiger partial charge < -0.3 is 9.25 Å². The monoisotopic (exact) mass is 372 g/mol. The van der Waals surface area contributed by atoms with Crippen molar-refractivity contribution in [1.82, 2.24) is 24.1 Å². The number of alkyl halides is 1. The van der Waals surface area contributed by atoms with Gasteiger partial charge in [0, 0.05) is 41.5 Å². The minimum absolute atomic E-state index is 0.184. The van der Waals surface area contributed by atoms with Gasteiger partial charge in [0.25, 0.3) is 5.82 Å². The predicted molar refractivity (Wildman–Crippen MR) is 104 cm³/mol. The predicted octanol–water partition coefficient (Wildman–Crippen LogP) is 4.56. The van der Waals surface area contributed by atoms with Crippen LogP contribution in [0, 0.1) is 12.5 Å². The van der Waals surface area contributed by atoms with Crippen LogP contribution in [0.3, 0.4) is 0 Å². The molecule has 0 radical (unpaired) electrons. The highest BCUT2D eigenvalue weighted by atomic mass is 19.1. The van der Waals surface area contributed by atoms with Gasteiger partial charge in [-0.25, -0.2) is 9.37 Å². The first-order valence-electron chi connectivity index (χ1n) is 9.20. The third-order valence-corrected chi connectivity index (χ3v) is 5.11. The number of aromatic nitrogens is 5. The van der Waals surface area contributed by atoms with Crippen molar-refractivity contribution in [2.24, 2.45) is 5.92 Å². The van der Waals surface area contributed by atoms with E-state index >= 15 is 0 Å². The lowest BCUT2D eigenvalue weighted by Crippen LogP contribution is -2.13. The van der Waals surface area contributed by atoms with Crippen molar-refractivity contribution >= 4 is 11.5 Å². The van der Waals surface area contributed by atoms with Crippen LogP contribution in [0.15, 0.2) is 55.2 Å². The van der Waals surface area contributed by atoms with E-state index in [-0.39, 0.29) is 12.5 Å². The van der Waals surface area contributed by atoms with Gasteiger partial charge >= 0.3 is 0 Å². The molecule has 4 aromatic rings. The first-order chi connectivity index (χ1) is 13.7. The van der Waals surface area contributed by atoms with E-state index < -0.39 is 6.17 Å². The first-order valence-corrected chi connectivity index (χ1v) is 9.20. The normalized spacial score (nSPS) is 14.9. The van der Waals surface area contributed by atoms with Crippen LogP contribution in [-0.2, 0) is 6.54 Å². The molecule has 1 aliphatic carbocycles. The van der Waals surface area contributed by atoms with Crippen molar-refractivity contribution in [3.05, 3.63) is 66.7 Å². The Morgan fingerprint density at radius 1 is 1.21 bits per heavy atom. The molecule has 28 heavy (non-hydrogen) atoms. The standard InChI is InChI=1S/C21H17FN6/c1-23-19-5-4-17(16-11-25-28(12-16)13-18(22)14-2-3-14)21(26-19)15-6-8-27-9-7-24-20(27)10-15/h4-12,14,18H,2-3,13H2. The van der Waals surface area contributed by atoms with Crippen molar-refractivity contribution in [1.29, 1.82) is 0 Å². The smallest absolute Gasteiger partial charge is 0.270 e. The van der Waals surface area contributed by atoms with Gasteiger partial charge in [0.2, 0.25) is 0 Å². The highest BCUT2D eigenvalue weighted by Gasteiger charge is 2.31.